The van der Waals surface area contributed by atoms with Crippen molar-refractivity contribution in [1.29, 1.82) is 0 Å². The number of hydrogen-bond donors (Lipinski definition) is 3. The third-order valence-electron chi connectivity index (χ3n) is 4.01. The van der Waals surface area contributed by atoms with Crippen LogP contribution in [0.2, 0.25) is 0 Å². The van der Waals surface area contributed by atoms with Gasteiger partial charge in [0.1, 0.15) is 11.9 Å². The van der Waals surface area contributed by atoms with Crippen LogP contribution in [0, 0.1) is 5.92 Å². The third kappa shape index (κ3) is 4.30. The summed E-state index contributed by atoms with van der Waals surface area (Å²) in [6, 6.07) is 1.34. The zero-order valence-electron chi connectivity index (χ0n) is 13.1. The molecule has 1 saturated carbocycles. The molecule has 2 atom stereocenters. The smallest absolute Gasteiger partial charge is 0.320 e. The molecule has 0 bridgehead atoms. The van der Waals surface area contributed by atoms with Crippen LogP contribution in [0.5, 0.6) is 0 Å². The van der Waals surface area contributed by atoms with Gasteiger partial charge in [0, 0.05) is 6.07 Å². The first kappa shape index (κ1) is 16.5. The Balaban J connectivity index is 1.87. The molecule has 122 valence electrons. The van der Waals surface area contributed by atoms with E-state index in [-0.39, 0.29) is 18.5 Å². The van der Waals surface area contributed by atoms with Crippen LogP contribution in [0.25, 0.3) is 0 Å². The summed E-state index contributed by atoms with van der Waals surface area (Å²) in [6.07, 6.45) is 5.32. The summed E-state index contributed by atoms with van der Waals surface area (Å²) < 4.78 is 1.83. The lowest BCUT2D eigenvalue weighted by molar-refractivity contribution is -0.139. The number of nitrogens with one attached hydrogen (secondary N) is 2. The van der Waals surface area contributed by atoms with E-state index in [2.05, 4.69) is 22.7 Å². The lowest BCUT2D eigenvalue weighted by atomic mass is 10.2. The van der Waals surface area contributed by atoms with Crippen molar-refractivity contribution >= 4 is 17.7 Å². The fourth-order valence-electron chi connectivity index (χ4n) is 2.52. The number of carbonyl (C=O) groups excluding carboxylic acids is 1. The monoisotopic (exact) mass is 308 g/mol. The first-order valence-electron chi connectivity index (χ1n) is 7.82. The van der Waals surface area contributed by atoms with Crippen LogP contribution in [0.4, 0.5) is 5.82 Å². The second kappa shape index (κ2) is 7.40. The first-order chi connectivity index (χ1) is 10.5. The van der Waals surface area contributed by atoms with E-state index in [0.717, 1.165) is 6.42 Å². The Morgan fingerprint density at radius 3 is 2.82 bits per heavy atom. The molecule has 0 saturated heterocycles. The Bertz CT molecular complexity index is 525. The molecule has 1 aromatic rings. The predicted octanol–water partition coefficient (Wildman–Crippen LogP) is 1.64. The third-order valence-corrected chi connectivity index (χ3v) is 4.01. The molecule has 1 aromatic heterocycles. The second-order valence-electron chi connectivity index (χ2n) is 5.85. The molecule has 1 aliphatic rings. The minimum atomic E-state index is -0.929. The molecule has 3 N–H and O–H groups in total. The van der Waals surface area contributed by atoms with Crippen molar-refractivity contribution < 1.29 is 14.7 Å². The zero-order chi connectivity index (χ0) is 16.1. The van der Waals surface area contributed by atoms with Gasteiger partial charge in [-0.1, -0.05) is 13.3 Å². The van der Waals surface area contributed by atoms with Crippen LogP contribution in [0.3, 0.4) is 0 Å². The van der Waals surface area contributed by atoms with Gasteiger partial charge < -0.3 is 10.4 Å². The summed E-state index contributed by atoms with van der Waals surface area (Å²) in [7, 11) is 0. The minimum absolute atomic E-state index is 0.0278. The van der Waals surface area contributed by atoms with E-state index in [1.165, 1.54) is 12.8 Å². The Morgan fingerprint density at radius 1 is 1.50 bits per heavy atom. The average Bonchev–Trinajstić information content (AvgIpc) is 3.23. The Hall–Kier alpha value is -1.89. The van der Waals surface area contributed by atoms with E-state index in [0.29, 0.717) is 18.2 Å². The molecule has 0 aromatic carbocycles. The molecule has 1 aliphatic carbocycles. The zero-order valence-corrected chi connectivity index (χ0v) is 13.1. The molecule has 22 heavy (non-hydrogen) atoms. The van der Waals surface area contributed by atoms with Gasteiger partial charge >= 0.3 is 5.97 Å². The highest BCUT2D eigenvalue weighted by Gasteiger charge is 2.30. The van der Waals surface area contributed by atoms with Crippen LogP contribution in [-0.2, 0) is 9.59 Å². The molecule has 0 radical (unpaired) electrons. The van der Waals surface area contributed by atoms with E-state index in [4.69, 9.17) is 5.11 Å². The summed E-state index contributed by atoms with van der Waals surface area (Å²) in [6.45, 7) is 3.98. The number of nitrogens with zero attached hydrogens (tertiary/aromatic N) is 2. The molecule has 7 nitrogen and oxygen atoms in total. The molecular weight excluding hydrogens is 284 g/mol. The molecule has 0 spiro atoms. The van der Waals surface area contributed by atoms with Gasteiger partial charge in [0.2, 0.25) is 5.91 Å². The molecule has 2 rings (SSSR count). The minimum Gasteiger partial charge on any atom is -0.480 e. The molecule has 0 aliphatic heterocycles. The van der Waals surface area contributed by atoms with Gasteiger partial charge in [-0.25, -0.2) is 4.68 Å². The maximum absolute atomic E-state index is 12.0. The van der Waals surface area contributed by atoms with Crippen molar-refractivity contribution in [2.24, 2.45) is 5.92 Å². The van der Waals surface area contributed by atoms with Gasteiger partial charge in [-0.3, -0.25) is 14.9 Å². The summed E-state index contributed by atoms with van der Waals surface area (Å²) in [5.41, 5.74) is 0. The highest BCUT2D eigenvalue weighted by Crippen LogP contribution is 2.40. The number of hydrogen-bond acceptors (Lipinski definition) is 4. The van der Waals surface area contributed by atoms with E-state index in [1.54, 1.807) is 12.3 Å². The van der Waals surface area contributed by atoms with Gasteiger partial charge in [-0.05, 0) is 32.1 Å². The number of carboxylic acids is 1. The Labute approximate surface area is 130 Å². The molecular formula is C15H24N4O3. The van der Waals surface area contributed by atoms with Crippen LogP contribution < -0.4 is 10.6 Å². The lowest BCUT2D eigenvalue weighted by Crippen LogP contribution is -2.41. The average molecular weight is 308 g/mol. The van der Waals surface area contributed by atoms with Crippen molar-refractivity contribution in [3.05, 3.63) is 12.3 Å². The number of aromatic nitrogens is 2. The highest BCUT2D eigenvalue weighted by atomic mass is 16.4. The van der Waals surface area contributed by atoms with Gasteiger partial charge in [-0.15, -0.1) is 0 Å². The SMILES string of the molecule is CCCC(NCC(=O)Nc1ccnn1C(C)C1CC1)C(=O)O. The van der Waals surface area contributed by atoms with Gasteiger partial charge in [-0.2, -0.15) is 5.10 Å². The summed E-state index contributed by atoms with van der Waals surface area (Å²) in [5.74, 6) is 0.109. The van der Waals surface area contributed by atoms with Crippen molar-refractivity contribution in [2.45, 2.75) is 51.6 Å². The molecule has 1 heterocycles. The van der Waals surface area contributed by atoms with Crippen molar-refractivity contribution in [1.82, 2.24) is 15.1 Å². The van der Waals surface area contributed by atoms with Crippen LogP contribution in [0.1, 0.15) is 45.6 Å². The molecule has 1 amide bonds. The molecule has 2 unspecified atom stereocenters. The summed E-state index contributed by atoms with van der Waals surface area (Å²) in [5, 5.41) is 18.9. The van der Waals surface area contributed by atoms with E-state index >= 15 is 0 Å². The topological polar surface area (TPSA) is 96.3 Å². The largest absolute Gasteiger partial charge is 0.480 e. The second-order valence-corrected chi connectivity index (χ2v) is 5.85. The van der Waals surface area contributed by atoms with Crippen LogP contribution in [0.15, 0.2) is 12.3 Å². The lowest BCUT2D eigenvalue weighted by Gasteiger charge is -2.16. The van der Waals surface area contributed by atoms with Gasteiger partial charge in [0.05, 0.1) is 18.8 Å². The van der Waals surface area contributed by atoms with Crippen molar-refractivity contribution in [2.75, 3.05) is 11.9 Å². The first-order valence-corrected chi connectivity index (χ1v) is 7.82. The van der Waals surface area contributed by atoms with Gasteiger partial charge in [0.15, 0.2) is 0 Å². The number of anilines is 1. The highest BCUT2D eigenvalue weighted by molar-refractivity contribution is 5.91. The summed E-state index contributed by atoms with van der Waals surface area (Å²) in [4.78, 5) is 23.0. The van der Waals surface area contributed by atoms with Crippen molar-refractivity contribution in [3.63, 3.8) is 0 Å². The number of aliphatic carboxylic acids is 1. The number of carboxylic acid groups (broad SMARTS) is 1. The molecule has 7 heteroatoms. The normalized spacial score (nSPS) is 17.0. The Kier molecular flexibility index (Phi) is 5.54. The molecule has 1 fully saturated rings. The van der Waals surface area contributed by atoms with E-state index in [9.17, 15) is 9.59 Å². The van der Waals surface area contributed by atoms with E-state index in [1.807, 2.05) is 11.6 Å². The van der Waals surface area contributed by atoms with E-state index < -0.39 is 12.0 Å². The number of carbonyl (C=O) groups is 2. The fourth-order valence-corrected chi connectivity index (χ4v) is 2.52. The quantitative estimate of drug-likeness (QED) is 0.644. The predicted molar refractivity (Wildman–Crippen MR) is 82.6 cm³/mol. The maximum Gasteiger partial charge on any atom is 0.320 e. The fraction of sp³-hybridized carbons (Fsp3) is 0.667. The number of amides is 1. The van der Waals surface area contributed by atoms with Crippen molar-refractivity contribution in [3.8, 4) is 0 Å². The van der Waals surface area contributed by atoms with Crippen LogP contribution in [-0.4, -0.2) is 39.4 Å². The standard InChI is InChI=1S/C15H24N4O3/c1-3-4-12(15(21)22)16-9-14(20)18-13-7-8-17-19(13)10(2)11-5-6-11/h7-8,10-12,16H,3-6,9H2,1-2H3,(H,18,20)(H,21,22). The maximum atomic E-state index is 12.0. The van der Waals surface area contributed by atoms with Gasteiger partial charge in [0.25, 0.3) is 0 Å². The Morgan fingerprint density at radius 2 is 2.23 bits per heavy atom. The summed E-state index contributed by atoms with van der Waals surface area (Å²) >= 11 is 0. The number of rotatable bonds is 9. The van der Waals surface area contributed by atoms with Crippen LogP contribution >= 0.6 is 0 Å².